The van der Waals surface area contributed by atoms with Crippen LogP contribution < -0.4 is 5.73 Å². The van der Waals surface area contributed by atoms with E-state index >= 15 is 0 Å². The third kappa shape index (κ3) is 3.87. The number of ether oxygens (including phenoxy) is 1. The van der Waals surface area contributed by atoms with Gasteiger partial charge in [-0.1, -0.05) is 0 Å². The molecule has 1 rings (SSSR count). The Balaban J connectivity index is 2.74. The summed E-state index contributed by atoms with van der Waals surface area (Å²) in [5.41, 5.74) is 5.70. The average Bonchev–Trinajstić information content (AvgIpc) is 2.20. The van der Waals surface area contributed by atoms with E-state index in [0.29, 0.717) is 25.0 Å². The SMILES string of the molecule is COCCC(C)(N)Cc1cc(F)ccc1F. The zero-order chi connectivity index (χ0) is 12.2. The lowest BCUT2D eigenvalue weighted by molar-refractivity contribution is 0.171. The van der Waals surface area contributed by atoms with Gasteiger partial charge in [-0.3, -0.25) is 0 Å². The highest BCUT2D eigenvalue weighted by molar-refractivity contribution is 5.20. The minimum atomic E-state index is -0.593. The van der Waals surface area contributed by atoms with Crippen LogP contribution in [0.5, 0.6) is 0 Å². The van der Waals surface area contributed by atoms with Crippen molar-refractivity contribution in [2.45, 2.75) is 25.3 Å². The summed E-state index contributed by atoms with van der Waals surface area (Å²) in [5.74, 6) is -0.866. The standard InChI is InChI=1S/C12H17F2NO/c1-12(15,5-6-16-2)8-9-7-10(13)3-4-11(9)14/h3-4,7H,5-6,8,15H2,1-2H3. The van der Waals surface area contributed by atoms with E-state index in [9.17, 15) is 8.78 Å². The topological polar surface area (TPSA) is 35.2 Å². The Kier molecular flexibility index (Phi) is 4.38. The van der Waals surface area contributed by atoms with Crippen molar-refractivity contribution < 1.29 is 13.5 Å². The number of hydrogen-bond donors (Lipinski definition) is 1. The fourth-order valence-corrected chi connectivity index (χ4v) is 1.54. The van der Waals surface area contributed by atoms with Gasteiger partial charge in [-0.05, 0) is 43.5 Å². The van der Waals surface area contributed by atoms with Gasteiger partial charge < -0.3 is 10.5 Å². The number of benzene rings is 1. The maximum absolute atomic E-state index is 13.4. The van der Waals surface area contributed by atoms with Crippen LogP contribution in [0.15, 0.2) is 18.2 Å². The monoisotopic (exact) mass is 229 g/mol. The van der Waals surface area contributed by atoms with Gasteiger partial charge >= 0.3 is 0 Å². The van der Waals surface area contributed by atoms with Crippen LogP contribution in [-0.2, 0) is 11.2 Å². The molecule has 0 heterocycles. The number of hydrogen-bond acceptors (Lipinski definition) is 2. The van der Waals surface area contributed by atoms with Crippen molar-refractivity contribution in [2.75, 3.05) is 13.7 Å². The Morgan fingerprint density at radius 3 is 2.69 bits per heavy atom. The predicted molar refractivity (Wildman–Crippen MR) is 59.1 cm³/mol. The summed E-state index contributed by atoms with van der Waals surface area (Å²) < 4.78 is 31.2. The molecule has 0 aliphatic heterocycles. The maximum Gasteiger partial charge on any atom is 0.126 e. The molecule has 0 radical (unpaired) electrons. The molecule has 16 heavy (non-hydrogen) atoms. The van der Waals surface area contributed by atoms with Gasteiger partial charge in [-0.25, -0.2) is 8.78 Å². The first-order chi connectivity index (χ1) is 7.44. The van der Waals surface area contributed by atoms with E-state index in [-0.39, 0.29) is 0 Å². The van der Waals surface area contributed by atoms with E-state index in [1.807, 2.05) is 0 Å². The Morgan fingerprint density at radius 1 is 1.38 bits per heavy atom. The molecule has 0 aromatic heterocycles. The largest absolute Gasteiger partial charge is 0.385 e. The lowest BCUT2D eigenvalue weighted by Crippen LogP contribution is -2.40. The predicted octanol–water partition coefficient (Wildman–Crippen LogP) is 2.26. The van der Waals surface area contributed by atoms with Crippen LogP contribution in [0, 0.1) is 11.6 Å². The van der Waals surface area contributed by atoms with E-state index in [4.69, 9.17) is 10.5 Å². The van der Waals surface area contributed by atoms with E-state index in [1.165, 1.54) is 6.07 Å². The summed E-state index contributed by atoms with van der Waals surface area (Å²) in [5, 5.41) is 0. The fourth-order valence-electron chi connectivity index (χ4n) is 1.54. The second-order valence-electron chi connectivity index (χ2n) is 4.31. The smallest absolute Gasteiger partial charge is 0.126 e. The second-order valence-corrected chi connectivity index (χ2v) is 4.31. The van der Waals surface area contributed by atoms with Gasteiger partial charge in [-0.2, -0.15) is 0 Å². The minimum Gasteiger partial charge on any atom is -0.385 e. The van der Waals surface area contributed by atoms with Crippen LogP contribution >= 0.6 is 0 Å². The Morgan fingerprint density at radius 2 is 2.06 bits per heavy atom. The third-order valence-corrected chi connectivity index (χ3v) is 2.48. The molecule has 1 atom stereocenters. The molecular formula is C12H17F2NO. The van der Waals surface area contributed by atoms with E-state index in [0.717, 1.165) is 12.1 Å². The fraction of sp³-hybridized carbons (Fsp3) is 0.500. The van der Waals surface area contributed by atoms with Gasteiger partial charge in [0.25, 0.3) is 0 Å². The number of methoxy groups -OCH3 is 1. The molecule has 0 saturated heterocycles. The molecule has 1 aromatic carbocycles. The molecule has 1 unspecified atom stereocenters. The van der Waals surface area contributed by atoms with Gasteiger partial charge in [0.05, 0.1) is 0 Å². The molecule has 0 aliphatic rings. The molecule has 0 aliphatic carbocycles. The molecule has 0 spiro atoms. The van der Waals surface area contributed by atoms with Gasteiger partial charge in [0.15, 0.2) is 0 Å². The molecule has 1 aromatic rings. The summed E-state index contributed by atoms with van der Waals surface area (Å²) in [6.45, 7) is 2.31. The molecule has 2 nitrogen and oxygen atoms in total. The first-order valence-corrected chi connectivity index (χ1v) is 5.16. The molecule has 0 bridgehead atoms. The number of halogens is 2. The normalized spacial score (nSPS) is 14.8. The first kappa shape index (κ1) is 13.1. The van der Waals surface area contributed by atoms with Crippen LogP contribution in [-0.4, -0.2) is 19.3 Å². The molecule has 0 amide bonds. The number of rotatable bonds is 5. The Bertz CT molecular complexity index is 353. The van der Waals surface area contributed by atoms with Crippen molar-refractivity contribution in [3.05, 3.63) is 35.4 Å². The van der Waals surface area contributed by atoms with E-state index < -0.39 is 17.2 Å². The highest BCUT2D eigenvalue weighted by Gasteiger charge is 2.20. The third-order valence-electron chi connectivity index (χ3n) is 2.48. The highest BCUT2D eigenvalue weighted by atomic mass is 19.1. The van der Waals surface area contributed by atoms with Crippen LogP contribution in [0.25, 0.3) is 0 Å². The minimum absolute atomic E-state index is 0.292. The lowest BCUT2D eigenvalue weighted by Gasteiger charge is -2.24. The molecule has 0 fully saturated rings. The molecule has 90 valence electrons. The van der Waals surface area contributed by atoms with Crippen molar-refractivity contribution in [1.29, 1.82) is 0 Å². The van der Waals surface area contributed by atoms with E-state index in [2.05, 4.69) is 0 Å². The maximum atomic E-state index is 13.4. The summed E-state index contributed by atoms with van der Waals surface area (Å²) in [6.07, 6.45) is 0.888. The quantitative estimate of drug-likeness (QED) is 0.840. The zero-order valence-electron chi connectivity index (χ0n) is 9.59. The molecule has 0 saturated carbocycles. The Hall–Kier alpha value is -1.00. The van der Waals surface area contributed by atoms with Crippen molar-refractivity contribution in [2.24, 2.45) is 5.73 Å². The molecule has 4 heteroatoms. The highest BCUT2D eigenvalue weighted by Crippen LogP contribution is 2.18. The summed E-state index contributed by atoms with van der Waals surface area (Å²) in [7, 11) is 1.58. The van der Waals surface area contributed by atoms with Crippen LogP contribution in [0.4, 0.5) is 8.78 Å². The second kappa shape index (κ2) is 5.37. The summed E-state index contributed by atoms with van der Waals surface area (Å²) in [6, 6.07) is 3.41. The van der Waals surface area contributed by atoms with Gasteiger partial charge in [0, 0.05) is 19.3 Å². The van der Waals surface area contributed by atoms with Gasteiger partial charge in [0.1, 0.15) is 11.6 Å². The van der Waals surface area contributed by atoms with E-state index in [1.54, 1.807) is 14.0 Å². The van der Waals surface area contributed by atoms with Gasteiger partial charge in [-0.15, -0.1) is 0 Å². The van der Waals surface area contributed by atoms with Crippen molar-refractivity contribution >= 4 is 0 Å². The Labute approximate surface area is 94.4 Å². The summed E-state index contributed by atoms with van der Waals surface area (Å²) in [4.78, 5) is 0. The zero-order valence-corrected chi connectivity index (χ0v) is 9.59. The number of nitrogens with two attached hydrogens (primary N) is 1. The molecular weight excluding hydrogens is 212 g/mol. The lowest BCUT2D eigenvalue weighted by atomic mass is 9.91. The average molecular weight is 229 g/mol. The van der Waals surface area contributed by atoms with Crippen molar-refractivity contribution in [3.63, 3.8) is 0 Å². The van der Waals surface area contributed by atoms with Crippen LogP contribution in [0.2, 0.25) is 0 Å². The molecule has 2 N–H and O–H groups in total. The summed E-state index contributed by atoms with van der Waals surface area (Å²) >= 11 is 0. The van der Waals surface area contributed by atoms with Crippen LogP contribution in [0.3, 0.4) is 0 Å². The first-order valence-electron chi connectivity index (χ1n) is 5.16. The van der Waals surface area contributed by atoms with Crippen molar-refractivity contribution in [1.82, 2.24) is 0 Å². The van der Waals surface area contributed by atoms with Gasteiger partial charge in [0.2, 0.25) is 0 Å². The van der Waals surface area contributed by atoms with Crippen molar-refractivity contribution in [3.8, 4) is 0 Å². The van der Waals surface area contributed by atoms with Crippen LogP contribution in [0.1, 0.15) is 18.9 Å².